The number of nitrogens with two attached hydrogens (primary N) is 1. The fourth-order valence-corrected chi connectivity index (χ4v) is 1.05. The van der Waals surface area contributed by atoms with E-state index in [1.807, 2.05) is 6.92 Å². The van der Waals surface area contributed by atoms with Crippen molar-refractivity contribution in [3.8, 4) is 0 Å². The molecule has 3 N–H and O–H groups in total. The van der Waals surface area contributed by atoms with E-state index < -0.39 is 0 Å². The third-order valence-corrected chi connectivity index (χ3v) is 2.45. The van der Waals surface area contributed by atoms with Gasteiger partial charge in [-0.05, 0) is 25.0 Å². The number of carbonyl (C=O) groups excluding carboxylic acids is 1. The number of rotatable bonds is 4. The van der Waals surface area contributed by atoms with Crippen molar-refractivity contribution in [2.24, 2.45) is 11.7 Å². The maximum Gasteiger partial charge on any atom is 0.287 e. The number of amides is 1. The molecule has 4 heteroatoms. The molecule has 0 fully saturated rings. The predicted molar refractivity (Wildman–Crippen MR) is 58.4 cm³/mol. The number of carbonyl (C=O) groups is 1. The molecule has 15 heavy (non-hydrogen) atoms. The van der Waals surface area contributed by atoms with E-state index in [0.717, 1.165) is 0 Å². The van der Waals surface area contributed by atoms with E-state index in [9.17, 15) is 4.79 Å². The number of nitrogens with one attached hydrogen (secondary N) is 1. The van der Waals surface area contributed by atoms with Crippen LogP contribution in [0.2, 0.25) is 0 Å². The fraction of sp³-hybridized carbons (Fsp3) is 0.545. The molecular weight excluding hydrogens is 192 g/mol. The van der Waals surface area contributed by atoms with Crippen LogP contribution in [0, 0.1) is 5.92 Å². The lowest BCUT2D eigenvalue weighted by Crippen LogP contribution is -2.35. The second-order valence-corrected chi connectivity index (χ2v) is 3.98. The second-order valence-electron chi connectivity index (χ2n) is 3.98. The molecular formula is C11H18N2O2. The Morgan fingerprint density at radius 1 is 1.47 bits per heavy atom. The van der Waals surface area contributed by atoms with Crippen molar-refractivity contribution in [2.45, 2.75) is 33.4 Å². The van der Waals surface area contributed by atoms with Gasteiger partial charge >= 0.3 is 0 Å². The van der Waals surface area contributed by atoms with Crippen LogP contribution in [0.5, 0.6) is 0 Å². The molecule has 0 radical (unpaired) electrons. The zero-order valence-corrected chi connectivity index (χ0v) is 9.41. The number of hydrogen-bond acceptors (Lipinski definition) is 3. The van der Waals surface area contributed by atoms with E-state index in [0.29, 0.717) is 24.0 Å². The molecule has 0 aliphatic heterocycles. The molecule has 1 unspecified atom stereocenters. The van der Waals surface area contributed by atoms with Crippen LogP contribution in [-0.2, 0) is 6.54 Å². The Kier molecular flexibility index (Phi) is 3.91. The normalized spacial score (nSPS) is 12.9. The van der Waals surface area contributed by atoms with Crippen LogP contribution in [0.3, 0.4) is 0 Å². The molecule has 1 atom stereocenters. The van der Waals surface area contributed by atoms with Gasteiger partial charge < -0.3 is 15.5 Å². The molecule has 0 saturated carbocycles. The molecule has 1 aromatic rings. The summed E-state index contributed by atoms with van der Waals surface area (Å²) in [5.41, 5.74) is 5.39. The van der Waals surface area contributed by atoms with Gasteiger partial charge in [0.2, 0.25) is 0 Å². The third kappa shape index (κ3) is 3.09. The van der Waals surface area contributed by atoms with Crippen molar-refractivity contribution in [1.29, 1.82) is 0 Å². The molecule has 0 aromatic carbocycles. The van der Waals surface area contributed by atoms with E-state index in [2.05, 4.69) is 19.2 Å². The fourth-order valence-electron chi connectivity index (χ4n) is 1.05. The summed E-state index contributed by atoms with van der Waals surface area (Å²) in [6, 6.07) is 3.49. The first-order valence-electron chi connectivity index (χ1n) is 5.14. The van der Waals surface area contributed by atoms with Crippen LogP contribution < -0.4 is 11.1 Å². The lowest BCUT2D eigenvalue weighted by atomic mass is 10.1. The minimum absolute atomic E-state index is 0.129. The zero-order valence-electron chi connectivity index (χ0n) is 9.41. The van der Waals surface area contributed by atoms with Crippen molar-refractivity contribution in [2.75, 3.05) is 0 Å². The first kappa shape index (κ1) is 11.8. The van der Waals surface area contributed by atoms with Gasteiger partial charge in [0, 0.05) is 6.04 Å². The molecule has 4 nitrogen and oxygen atoms in total. The molecule has 0 bridgehead atoms. The van der Waals surface area contributed by atoms with Crippen LogP contribution in [0.15, 0.2) is 16.5 Å². The van der Waals surface area contributed by atoms with Gasteiger partial charge in [0.1, 0.15) is 5.76 Å². The molecule has 0 aliphatic carbocycles. The van der Waals surface area contributed by atoms with Crippen molar-refractivity contribution in [1.82, 2.24) is 5.32 Å². The van der Waals surface area contributed by atoms with Crippen LogP contribution >= 0.6 is 0 Å². The van der Waals surface area contributed by atoms with Crippen molar-refractivity contribution in [3.63, 3.8) is 0 Å². The molecule has 0 saturated heterocycles. The summed E-state index contributed by atoms with van der Waals surface area (Å²) in [5, 5.41) is 2.86. The van der Waals surface area contributed by atoms with Crippen LogP contribution in [0.25, 0.3) is 0 Å². The van der Waals surface area contributed by atoms with Gasteiger partial charge in [0.15, 0.2) is 5.76 Å². The molecule has 1 rings (SSSR count). The Morgan fingerprint density at radius 2 is 2.13 bits per heavy atom. The van der Waals surface area contributed by atoms with Crippen LogP contribution in [-0.4, -0.2) is 11.9 Å². The number of furan rings is 1. The van der Waals surface area contributed by atoms with E-state index >= 15 is 0 Å². The Morgan fingerprint density at radius 3 is 2.60 bits per heavy atom. The Labute approximate surface area is 89.8 Å². The zero-order chi connectivity index (χ0) is 11.4. The average Bonchev–Trinajstić information content (AvgIpc) is 2.65. The van der Waals surface area contributed by atoms with E-state index in [1.165, 1.54) is 0 Å². The van der Waals surface area contributed by atoms with Gasteiger partial charge in [-0.2, -0.15) is 0 Å². The molecule has 1 aromatic heterocycles. The lowest BCUT2D eigenvalue weighted by molar-refractivity contribution is 0.0900. The van der Waals surface area contributed by atoms with Crippen molar-refractivity contribution in [3.05, 3.63) is 23.7 Å². The van der Waals surface area contributed by atoms with Crippen LogP contribution in [0.1, 0.15) is 37.1 Å². The van der Waals surface area contributed by atoms with Crippen molar-refractivity contribution < 1.29 is 9.21 Å². The summed E-state index contributed by atoms with van der Waals surface area (Å²) < 4.78 is 5.24. The van der Waals surface area contributed by atoms with E-state index in [-0.39, 0.29) is 11.9 Å². The number of hydrogen-bond donors (Lipinski definition) is 2. The Bertz CT molecular complexity index is 331. The molecule has 0 spiro atoms. The SMILES string of the molecule is CC(C)C(C)NC(=O)c1ccc(CN)o1. The Balaban J connectivity index is 2.61. The monoisotopic (exact) mass is 210 g/mol. The van der Waals surface area contributed by atoms with Gasteiger partial charge in [-0.1, -0.05) is 13.8 Å². The smallest absolute Gasteiger partial charge is 0.287 e. The van der Waals surface area contributed by atoms with Gasteiger partial charge in [-0.25, -0.2) is 0 Å². The summed E-state index contributed by atoms with van der Waals surface area (Å²) >= 11 is 0. The van der Waals surface area contributed by atoms with Crippen LogP contribution in [0.4, 0.5) is 0 Å². The van der Waals surface area contributed by atoms with E-state index in [1.54, 1.807) is 12.1 Å². The Hall–Kier alpha value is -1.29. The lowest BCUT2D eigenvalue weighted by Gasteiger charge is -2.16. The minimum Gasteiger partial charge on any atom is -0.455 e. The summed E-state index contributed by atoms with van der Waals surface area (Å²) in [6.07, 6.45) is 0. The highest BCUT2D eigenvalue weighted by Crippen LogP contribution is 2.08. The van der Waals surface area contributed by atoms with Gasteiger partial charge in [0.25, 0.3) is 5.91 Å². The highest BCUT2D eigenvalue weighted by atomic mass is 16.4. The quantitative estimate of drug-likeness (QED) is 0.791. The minimum atomic E-state index is -0.184. The van der Waals surface area contributed by atoms with Gasteiger partial charge in [-0.3, -0.25) is 4.79 Å². The molecule has 1 amide bonds. The second kappa shape index (κ2) is 4.98. The highest BCUT2D eigenvalue weighted by molar-refractivity contribution is 5.91. The standard InChI is InChI=1S/C11H18N2O2/c1-7(2)8(3)13-11(14)10-5-4-9(6-12)15-10/h4-5,7-8H,6,12H2,1-3H3,(H,13,14). The summed E-state index contributed by atoms with van der Waals surface area (Å²) in [4.78, 5) is 11.6. The molecule has 1 heterocycles. The van der Waals surface area contributed by atoms with Gasteiger partial charge in [-0.15, -0.1) is 0 Å². The topological polar surface area (TPSA) is 68.3 Å². The first-order chi connectivity index (χ1) is 7.04. The molecule has 0 aliphatic rings. The highest BCUT2D eigenvalue weighted by Gasteiger charge is 2.15. The predicted octanol–water partition coefficient (Wildman–Crippen LogP) is 1.51. The average molecular weight is 210 g/mol. The van der Waals surface area contributed by atoms with E-state index in [4.69, 9.17) is 10.2 Å². The maximum atomic E-state index is 11.6. The first-order valence-corrected chi connectivity index (χ1v) is 5.14. The largest absolute Gasteiger partial charge is 0.455 e. The molecule has 84 valence electrons. The summed E-state index contributed by atoms with van der Waals surface area (Å²) in [6.45, 7) is 6.39. The maximum absolute atomic E-state index is 11.6. The summed E-state index contributed by atoms with van der Waals surface area (Å²) in [5.74, 6) is 1.16. The van der Waals surface area contributed by atoms with Gasteiger partial charge in [0.05, 0.1) is 6.54 Å². The third-order valence-electron chi connectivity index (χ3n) is 2.45. The van der Waals surface area contributed by atoms with Crippen molar-refractivity contribution >= 4 is 5.91 Å². The summed E-state index contributed by atoms with van der Waals surface area (Å²) in [7, 11) is 0.